The molecule has 1 heterocycles. The van der Waals surface area contributed by atoms with Crippen molar-refractivity contribution in [1.82, 2.24) is 10.2 Å². The average Bonchev–Trinajstić information content (AvgIpc) is 2.34. The maximum atomic E-state index is 5.60. The zero-order chi connectivity index (χ0) is 12.3. The summed E-state index contributed by atoms with van der Waals surface area (Å²) in [5, 5.41) is 4.61. The van der Waals surface area contributed by atoms with Gasteiger partial charge in [0.05, 0.1) is 0 Å². The van der Waals surface area contributed by atoms with Crippen LogP contribution in [0.5, 0.6) is 0 Å². The molecule has 2 unspecified atom stereocenters. The lowest BCUT2D eigenvalue weighted by Gasteiger charge is -2.41. The summed E-state index contributed by atoms with van der Waals surface area (Å²) >= 11 is 5.60. The van der Waals surface area contributed by atoms with Crippen LogP contribution in [0.3, 0.4) is 0 Å². The Morgan fingerprint density at radius 2 is 1.76 bits per heavy atom. The van der Waals surface area contributed by atoms with Crippen LogP contribution >= 0.6 is 12.2 Å². The quantitative estimate of drug-likeness (QED) is 0.723. The first-order valence-corrected chi connectivity index (χ1v) is 7.66. The van der Waals surface area contributed by atoms with Gasteiger partial charge in [-0.3, -0.25) is 0 Å². The first-order chi connectivity index (χ1) is 8.18. The van der Waals surface area contributed by atoms with Gasteiger partial charge in [-0.15, -0.1) is 0 Å². The molecule has 98 valence electrons. The predicted molar refractivity (Wildman–Crippen MR) is 77.2 cm³/mol. The second-order valence-electron chi connectivity index (χ2n) is 5.84. The molecule has 2 aliphatic rings. The number of rotatable bonds is 1. The van der Waals surface area contributed by atoms with E-state index in [2.05, 4.69) is 24.1 Å². The van der Waals surface area contributed by atoms with Crippen molar-refractivity contribution in [1.29, 1.82) is 0 Å². The first kappa shape index (κ1) is 13.1. The van der Waals surface area contributed by atoms with Crippen molar-refractivity contribution >= 4 is 17.3 Å². The van der Waals surface area contributed by atoms with E-state index in [4.69, 9.17) is 12.2 Å². The Hall–Kier alpha value is -0.310. The van der Waals surface area contributed by atoms with E-state index in [1.165, 1.54) is 44.9 Å². The van der Waals surface area contributed by atoms with Crippen LogP contribution in [0.1, 0.15) is 58.8 Å². The van der Waals surface area contributed by atoms with Gasteiger partial charge >= 0.3 is 0 Å². The molecule has 2 nitrogen and oxygen atoms in total. The van der Waals surface area contributed by atoms with E-state index in [1.54, 1.807) is 0 Å². The monoisotopic (exact) mass is 254 g/mol. The van der Waals surface area contributed by atoms with Crippen LogP contribution in [0, 0.1) is 5.92 Å². The fraction of sp³-hybridized carbons (Fsp3) is 0.929. The standard InChI is InChI=1S/C14H26N2S/c1-11-7-6-10-16(12(11)2)14(17)15-13-8-4-3-5-9-13/h11-13H,3-10H2,1-2H3,(H,15,17). The topological polar surface area (TPSA) is 15.3 Å². The highest BCUT2D eigenvalue weighted by molar-refractivity contribution is 7.80. The van der Waals surface area contributed by atoms with E-state index >= 15 is 0 Å². The first-order valence-electron chi connectivity index (χ1n) is 7.25. The van der Waals surface area contributed by atoms with E-state index in [-0.39, 0.29) is 0 Å². The van der Waals surface area contributed by atoms with Gasteiger partial charge < -0.3 is 10.2 Å². The molecular formula is C14H26N2S. The summed E-state index contributed by atoms with van der Waals surface area (Å²) in [5.41, 5.74) is 0. The van der Waals surface area contributed by atoms with E-state index in [0.717, 1.165) is 17.6 Å². The van der Waals surface area contributed by atoms with Crippen LogP contribution in [0.4, 0.5) is 0 Å². The highest BCUT2D eigenvalue weighted by atomic mass is 32.1. The molecule has 0 spiro atoms. The Kier molecular flexibility index (Phi) is 4.66. The van der Waals surface area contributed by atoms with E-state index in [0.29, 0.717) is 12.1 Å². The zero-order valence-electron chi connectivity index (χ0n) is 11.2. The molecule has 0 aromatic rings. The lowest BCUT2D eigenvalue weighted by molar-refractivity contribution is 0.187. The van der Waals surface area contributed by atoms with Gasteiger partial charge in [-0.25, -0.2) is 0 Å². The maximum absolute atomic E-state index is 5.60. The Morgan fingerprint density at radius 1 is 1.06 bits per heavy atom. The van der Waals surface area contributed by atoms with Gasteiger partial charge in [0.25, 0.3) is 0 Å². The second-order valence-corrected chi connectivity index (χ2v) is 6.22. The molecular weight excluding hydrogens is 228 g/mol. The van der Waals surface area contributed by atoms with Gasteiger partial charge in [0.2, 0.25) is 0 Å². The molecule has 1 saturated carbocycles. The summed E-state index contributed by atoms with van der Waals surface area (Å²) in [7, 11) is 0. The molecule has 1 saturated heterocycles. The molecule has 0 aromatic carbocycles. The maximum Gasteiger partial charge on any atom is 0.169 e. The van der Waals surface area contributed by atoms with Crippen LogP contribution in [0.15, 0.2) is 0 Å². The highest BCUT2D eigenvalue weighted by Gasteiger charge is 2.27. The molecule has 0 amide bonds. The molecule has 2 fully saturated rings. The highest BCUT2D eigenvalue weighted by Crippen LogP contribution is 2.24. The molecule has 1 aliphatic heterocycles. The smallest absolute Gasteiger partial charge is 0.169 e. The molecule has 0 radical (unpaired) electrons. The fourth-order valence-corrected chi connectivity index (χ4v) is 3.55. The normalized spacial score (nSPS) is 31.3. The number of nitrogens with zero attached hydrogens (tertiary/aromatic N) is 1. The third-order valence-corrected chi connectivity index (χ3v) is 4.92. The summed E-state index contributed by atoms with van der Waals surface area (Å²) in [6, 6.07) is 1.24. The Balaban J connectivity index is 1.85. The van der Waals surface area contributed by atoms with Crippen molar-refractivity contribution in [3.8, 4) is 0 Å². The van der Waals surface area contributed by atoms with Crippen LogP contribution in [0.25, 0.3) is 0 Å². The molecule has 3 heteroatoms. The van der Waals surface area contributed by atoms with Gasteiger partial charge in [0, 0.05) is 18.6 Å². The molecule has 2 rings (SSSR count). The minimum atomic E-state index is 0.604. The van der Waals surface area contributed by atoms with Crippen LogP contribution in [-0.2, 0) is 0 Å². The third-order valence-electron chi connectivity index (χ3n) is 4.57. The Bertz CT molecular complexity index is 261. The summed E-state index contributed by atoms with van der Waals surface area (Å²) in [4.78, 5) is 2.41. The Labute approximate surface area is 111 Å². The number of hydrogen-bond acceptors (Lipinski definition) is 1. The summed E-state index contributed by atoms with van der Waals surface area (Å²) in [5.74, 6) is 0.773. The fourth-order valence-electron chi connectivity index (χ4n) is 3.13. The number of nitrogens with one attached hydrogen (secondary N) is 1. The largest absolute Gasteiger partial charge is 0.360 e. The van der Waals surface area contributed by atoms with Gasteiger partial charge in [-0.2, -0.15) is 0 Å². The van der Waals surface area contributed by atoms with Crippen molar-refractivity contribution < 1.29 is 0 Å². The number of likely N-dealkylation sites (tertiary alicyclic amines) is 1. The third kappa shape index (κ3) is 3.34. The SMILES string of the molecule is CC1CCCN(C(=S)NC2CCCCC2)C1C. The van der Waals surface area contributed by atoms with Crippen LogP contribution < -0.4 is 5.32 Å². The summed E-state index contributed by atoms with van der Waals surface area (Å²) in [6.07, 6.45) is 9.39. The van der Waals surface area contributed by atoms with E-state index < -0.39 is 0 Å². The molecule has 1 aliphatic carbocycles. The summed E-state index contributed by atoms with van der Waals surface area (Å²) < 4.78 is 0. The number of thiocarbonyl (C=S) groups is 1. The van der Waals surface area contributed by atoms with Gasteiger partial charge in [-0.05, 0) is 50.7 Å². The average molecular weight is 254 g/mol. The van der Waals surface area contributed by atoms with Crippen molar-refractivity contribution in [2.75, 3.05) is 6.54 Å². The van der Waals surface area contributed by atoms with Crippen molar-refractivity contribution in [3.05, 3.63) is 0 Å². The summed E-state index contributed by atoms with van der Waals surface area (Å²) in [6.45, 7) is 5.81. The molecule has 1 N–H and O–H groups in total. The molecule has 17 heavy (non-hydrogen) atoms. The van der Waals surface area contributed by atoms with Crippen molar-refractivity contribution in [3.63, 3.8) is 0 Å². The minimum Gasteiger partial charge on any atom is -0.360 e. The lowest BCUT2D eigenvalue weighted by atomic mass is 9.92. The van der Waals surface area contributed by atoms with Crippen molar-refractivity contribution in [2.24, 2.45) is 5.92 Å². The van der Waals surface area contributed by atoms with E-state index in [1.807, 2.05) is 0 Å². The minimum absolute atomic E-state index is 0.604. The zero-order valence-corrected chi connectivity index (χ0v) is 12.1. The van der Waals surface area contributed by atoms with Gasteiger partial charge in [-0.1, -0.05) is 26.2 Å². The van der Waals surface area contributed by atoms with Gasteiger partial charge in [0.15, 0.2) is 5.11 Å². The molecule has 0 bridgehead atoms. The number of hydrogen-bond donors (Lipinski definition) is 1. The molecule has 2 atom stereocenters. The number of piperidine rings is 1. The van der Waals surface area contributed by atoms with Gasteiger partial charge in [0.1, 0.15) is 0 Å². The van der Waals surface area contributed by atoms with Crippen LogP contribution in [-0.4, -0.2) is 28.6 Å². The van der Waals surface area contributed by atoms with Crippen LogP contribution in [0.2, 0.25) is 0 Å². The lowest BCUT2D eigenvalue weighted by Crippen LogP contribution is -2.52. The van der Waals surface area contributed by atoms with Crippen molar-refractivity contribution in [2.45, 2.75) is 70.9 Å². The Morgan fingerprint density at radius 3 is 2.47 bits per heavy atom. The molecule has 0 aromatic heterocycles. The van der Waals surface area contributed by atoms with E-state index in [9.17, 15) is 0 Å². The predicted octanol–water partition coefficient (Wildman–Crippen LogP) is 3.31. The second kappa shape index (κ2) is 6.03.